The fraction of sp³-hybridized carbons (Fsp3) is 0.588. The summed E-state index contributed by atoms with van der Waals surface area (Å²) in [6, 6.07) is 8.23. The Hall–Kier alpha value is -0.870. The van der Waals surface area contributed by atoms with Crippen molar-refractivity contribution in [3.05, 3.63) is 34.3 Å². The van der Waals surface area contributed by atoms with Crippen LogP contribution in [-0.2, 0) is 11.2 Å². The molecule has 1 aromatic rings. The van der Waals surface area contributed by atoms with Crippen molar-refractivity contribution in [2.75, 3.05) is 26.2 Å². The average Bonchev–Trinajstić information content (AvgIpc) is 3.07. The highest BCUT2D eigenvalue weighted by Crippen LogP contribution is 2.29. The van der Waals surface area contributed by atoms with Crippen LogP contribution in [0.5, 0.6) is 0 Å². The van der Waals surface area contributed by atoms with E-state index in [4.69, 9.17) is 0 Å². The van der Waals surface area contributed by atoms with Crippen molar-refractivity contribution in [2.45, 2.75) is 19.8 Å². The predicted molar refractivity (Wildman–Crippen MR) is 88.1 cm³/mol. The smallest absolute Gasteiger partial charge is 0.226 e. The van der Waals surface area contributed by atoms with Gasteiger partial charge in [0.2, 0.25) is 5.91 Å². The van der Waals surface area contributed by atoms with Gasteiger partial charge in [0.15, 0.2) is 0 Å². The number of fused-ring (bicyclic) bond motifs is 1. The lowest BCUT2D eigenvalue weighted by molar-refractivity contribution is -0.134. The van der Waals surface area contributed by atoms with Crippen LogP contribution in [0.25, 0.3) is 0 Å². The molecule has 4 heteroatoms. The maximum Gasteiger partial charge on any atom is 0.226 e. The molecule has 2 fully saturated rings. The number of hydrogen-bond donors (Lipinski definition) is 1. The van der Waals surface area contributed by atoms with Gasteiger partial charge in [-0.3, -0.25) is 4.79 Å². The molecule has 0 spiro atoms. The van der Waals surface area contributed by atoms with E-state index in [1.54, 1.807) is 0 Å². The molecular formula is C17H23BrN2O. The molecular weight excluding hydrogens is 328 g/mol. The summed E-state index contributed by atoms with van der Waals surface area (Å²) < 4.78 is 1.11. The topological polar surface area (TPSA) is 32.3 Å². The van der Waals surface area contributed by atoms with Gasteiger partial charge in [-0.1, -0.05) is 41.1 Å². The third-order valence-electron chi connectivity index (χ3n) is 4.97. The highest BCUT2D eigenvalue weighted by molar-refractivity contribution is 9.10. The summed E-state index contributed by atoms with van der Waals surface area (Å²) in [7, 11) is 0. The molecule has 1 aromatic carbocycles. The Kier molecular flexibility index (Phi) is 4.65. The lowest BCUT2D eigenvalue weighted by atomic mass is 9.95. The molecule has 0 saturated carbocycles. The second kappa shape index (κ2) is 6.49. The van der Waals surface area contributed by atoms with Gasteiger partial charge < -0.3 is 10.2 Å². The first-order valence-corrected chi connectivity index (χ1v) is 8.71. The second-order valence-corrected chi connectivity index (χ2v) is 7.18. The zero-order valence-corrected chi connectivity index (χ0v) is 14.1. The molecule has 0 bridgehead atoms. The Labute approximate surface area is 135 Å². The molecule has 3 rings (SSSR count). The summed E-state index contributed by atoms with van der Waals surface area (Å²) >= 11 is 3.59. The first-order valence-electron chi connectivity index (χ1n) is 7.92. The van der Waals surface area contributed by atoms with Crippen LogP contribution in [-0.4, -0.2) is 37.0 Å². The van der Waals surface area contributed by atoms with E-state index in [-0.39, 0.29) is 5.92 Å². The van der Waals surface area contributed by atoms with E-state index < -0.39 is 0 Å². The molecule has 0 radical (unpaired) electrons. The number of nitrogens with one attached hydrogen (secondary N) is 1. The number of carbonyl (C=O) groups excluding carboxylic acids is 1. The van der Waals surface area contributed by atoms with Crippen LogP contribution in [0.2, 0.25) is 0 Å². The van der Waals surface area contributed by atoms with Crippen LogP contribution < -0.4 is 5.32 Å². The van der Waals surface area contributed by atoms with Crippen molar-refractivity contribution in [1.29, 1.82) is 0 Å². The number of rotatable bonds is 4. The normalized spacial score (nSPS) is 25.9. The molecule has 2 saturated heterocycles. The van der Waals surface area contributed by atoms with E-state index in [2.05, 4.69) is 45.2 Å². The van der Waals surface area contributed by atoms with E-state index >= 15 is 0 Å². The summed E-state index contributed by atoms with van der Waals surface area (Å²) in [5.41, 5.74) is 1.23. The zero-order valence-electron chi connectivity index (χ0n) is 12.5. The first-order chi connectivity index (χ1) is 10.2. The van der Waals surface area contributed by atoms with Gasteiger partial charge in [-0.25, -0.2) is 0 Å². The highest BCUT2D eigenvalue weighted by atomic mass is 79.9. The number of likely N-dealkylation sites (tertiary alicyclic amines) is 1. The molecule has 3 nitrogen and oxygen atoms in total. The molecule has 2 aliphatic rings. The third kappa shape index (κ3) is 3.16. The summed E-state index contributed by atoms with van der Waals surface area (Å²) in [6.45, 7) is 6.18. The minimum Gasteiger partial charge on any atom is -0.342 e. The summed E-state index contributed by atoms with van der Waals surface area (Å²) in [5, 5.41) is 3.43. The molecule has 0 aromatic heterocycles. The van der Waals surface area contributed by atoms with Crippen molar-refractivity contribution in [3.8, 4) is 0 Å². The van der Waals surface area contributed by atoms with Crippen molar-refractivity contribution in [1.82, 2.24) is 10.2 Å². The van der Waals surface area contributed by atoms with Crippen LogP contribution in [0.3, 0.4) is 0 Å². The lowest BCUT2D eigenvalue weighted by Crippen LogP contribution is -2.37. The van der Waals surface area contributed by atoms with E-state index in [0.717, 1.165) is 43.5 Å². The molecule has 1 unspecified atom stereocenters. The zero-order chi connectivity index (χ0) is 14.8. The molecule has 2 aliphatic heterocycles. The quantitative estimate of drug-likeness (QED) is 0.905. The monoisotopic (exact) mass is 350 g/mol. The standard InChI is InChI=1S/C17H23BrN2O/c1-2-12(7-13-5-3-4-6-16(13)18)17(21)20-10-14-8-19-9-15(14)11-20/h3-6,12,14-15,19H,2,7-11H2,1H3/t12?,14-,15+. The van der Waals surface area contributed by atoms with Gasteiger partial charge in [0, 0.05) is 36.6 Å². The Morgan fingerprint density at radius 2 is 2.00 bits per heavy atom. The van der Waals surface area contributed by atoms with Crippen LogP contribution in [0, 0.1) is 17.8 Å². The van der Waals surface area contributed by atoms with Crippen molar-refractivity contribution in [3.63, 3.8) is 0 Å². The number of halogens is 1. The maximum absolute atomic E-state index is 12.8. The third-order valence-corrected chi connectivity index (χ3v) is 5.74. The van der Waals surface area contributed by atoms with Crippen LogP contribution in [0.4, 0.5) is 0 Å². The van der Waals surface area contributed by atoms with E-state index in [1.807, 2.05) is 12.1 Å². The Morgan fingerprint density at radius 1 is 1.33 bits per heavy atom. The molecule has 21 heavy (non-hydrogen) atoms. The van der Waals surface area contributed by atoms with Gasteiger partial charge in [-0.15, -0.1) is 0 Å². The largest absolute Gasteiger partial charge is 0.342 e. The SMILES string of the molecule is CCC(Cc1ccccc1Br)C(=O)N1C[C@H]2CNC[C@H]2C1. The summed E-state index contributed by atoms with van der Waals surface area (Å²) in [5.74, 6) is 1.81. The van der Waals surface area contributed by atoms with E-state index in [0.29, 0.717) is 17.7 Å². The lowest BCUT2D eigenvalue weighted by Gasteiger charge is -2.24. The van der Waals surface area contributed by atoms with E-state index in [1.165, 1.54) is 5.56 Å². The highest BCUT2D eigenvalue weighted by Gasteiger charge is 2.39. The van der Waals surface area contributed by atoms with Gasteiger partial charge in [0.05, 0.1) is 0 Å². The number of hydrogen-bond acceptors (Lipinski definition) is 2. The van der Waals surface area contributed by atoms with Gasteiger partial charge in [0.1, 0.15) is 0 Å². The molecule has 114 valence electrons. The fourth-order valence-electron chi connectivity index (χ4n) is 3.63. The fourth-order valence-corrected chi connectivity index (χ4v) is 4.08. The number of carbonyl (C=O) groups is 1. The van der Waals surface area contributed by atoms with Gasteiger partial charge in [0.25, 0.3) is 0 Å². The van der Waals surface area contributed by atoms with Gasteiger partial charge >= 0.3 is 0 Å². The Balaban J connectivity index is 1.66. The summed E-state index contributed by atoms with van der Waals surface area (Å²) in [6.07, 6.45) is 1.74. The molecule has 0 aliphatic carbocycles. The van der Waals surface area contributed by atoms with Gasteiger partial charge in [-0.05, 0) is 36.3 Å². The molecule has 3 atom stereocenters. The minimum atomic E-state index is 0.107. The van der Waals surface area contributed by atoms with E-state index in [9.17, 15) is 4.79 Å². The Bertz CT molecular complexity index is 507. The molecule has 1 N–H and O–H groups in total. The first kappa shape index (κ1) is 15.0. The van der Waals surface area contributed by atoms with Crippen LogP contribution in [0.15, 0.2) is 28.7 Å². The van der Waals surface area contributed by atoms with Crippen molar-refractivity contribution in [2.24, 2.45) is 17.8 Å². The minimum absolute atomic E-state index is 0.107. The van der Waals surface area contributed by atoms with Crippen LogP contribution >= 0.6 is 15.9 Å². The maximum atomic E-state index is 12.8. The van der Waals surface area contributed by atoms with Crippen molar-refractivity contribution < 1.29 is 4.79 Å². The number of amides is 1. The van der Waals surface area contributed by atoms with Crippen molar-refractivity contribution >= 4 is 21.8 Å². The molecule has 1 amide bonds. The second-order valence-electron chi connectivity index (χ2n) is 6.32. The Morgan fingerprint density at radius 3 is 2.62 bits per heavy atom. The number of nitrogens with zero attached hydrogens (tertiary/aromatic N) is 1. The summed E-state index contributed by atoms with van der Waals surface area (Å²) in [4.78, 5) is 14.9. The van der Waals surface area contributed by atoms with Gasteiger partial charge in [-0.2, -0.15) is 0 Å². The predicted octanol–water partition coefficient (Wildman–Crippen LogP) is 2.70. The average molecular weight is 351 g/mol. The molecule has 2 heterocycles. The van der Waals surface area contributed by atoms with Crippen LogP contribution in [0.1, 0.15) is 18.9 Å². The number of benzene rings is 1.